The lowest BCUT2D eigenvalue weighted by Gasteiger charge is -2.06. The second kappa shape index (κ2) is 12.2. The van der Waals surface area contributed by atoms with Crippen LogP contribution in [0.5, 0.6) is 0 Å². The van der Waals surface area contributed by atoms with E-state index in [0.29, 0.717) is 25.3 Å². The van der Waals surface area contributed by atoms with Gasteiger partial charge in [-0.1, -0.05) is 77.0 Å². The van der Waals surface area contributed by atoms with Crippen molar-refractivity contribution in [2.45, 2.75) is 32.6 Å². The maximum Gasteiger partial charge on any atom is 0.303 e. The second-order valence-corrected chi connectivity index (χ2v) is 7.41. The van der Waals surface area contributed by atoms with E-state index in [0.717, 1.165) is 29.7 Å². The SMILES string of the molecule is C/C(=N\OCCCCO/N=C(/CCC(=O)O)c1ccccc1)c1ccc2ccccc2c1. The minimum Gasteiger partial charge on any atom is -0.481 e. The standard InChI is InChI=1S/C26H28N2O4/c1-20(23-14-13-21-9-5-6-12-24(21)19-23)27-31-17-7-8-18-32-28-25(15-16-26(29)30)22-10-3-2-4-11-22/h2-6,9-14,19H,7-8,15-18H2,1H3,(H,29,30)/b27-20+,28-25-. The summed E-state index contributed by atoms with van der Waals surface area (Å²) in [5.74, 6) is -0.856. The van der Waals surface area contributed by atoms with Crippen molar-refractivity contribution in [2.75, 3.05) is 13.2 Å². The van der Waals surface area contributed by atoms with E-state index in [1.54, 1.807) is 0 Å². The van der Waals surface area contributed by atoms with Gasteiger partial charge in [0.15, 0.2) is 0 Å². The van der Waals surface area contributed by atoms with Gasteiger partial charge in [-0.2, -0.15) is 0 Å². The molecule has 0 aliphatic carbocycles. The largest absolute Gasteiger partial charge is 0.481 e. The average Bonchev–Trinajstić information content (AvgIpc) is 2.82. The molecule has 0 bridgehead atoms. The minimum absolute atomic E-state index is 0.0134. The molecule has 32 heavy (non-hydrogen) atoms. The van der Waals surface area contributed by atoms with Crippen molar-refractivity contribution >= 4 is 28.2 Å². The molecule has 6 heteroatoms. The number of unbranched alkanes of at least 4 members (excludes halogenated alkanes) is 1. The van der Waals surface area contributed by atoms with E-state index in [1.165, 1.54) is 10.8 Å². The number of oxime groups is 2. The van der Waals surface area contributed by atoms with Crippen LogP contribution in [0.4, 0.5) is 0 Å². The quantitative estimate of drug-likeness (QED) is 0.228. The highest BCUT2D eigenvalue weighted by molar-refractivity contribution is 6.02. The third-order valence-corrected chi connectivity index (χ3v) is 4.95. The van der Waals surface area contributed by atoms with Gasteiger partial charge in [-0.15, -0.1) is 0 Å². The van der Waals surface area contributed by atoms with Crippen molar-refractivity contribution in [3.05, 3.63) is 83.9 Å². The molecule has 0 saturated heterocycles. The molecule has 0 heterocycles. The molecule has 1 N–H and O–H groups in total. The Labute approximate surface area is 188 Å². The van der Waals surface area contributed by atoms with Crippen molar-refractivity contribution in [3.63, 3.8) is 0 Å². The van der Waals surface area contributed by atoms with E-state index in [1.807, 2.05) is 55.5 Å². The van der Waals surface area contributed by atoms with Gasteiger partial charge in [0.05, 0.1) is 17.8 Å². The molecule has 0 unspecified atom stereocenters. The maximum atomic E-state index is 10.9. The molecule has 3 rings (SSSR count). The van der Waals surface area contributed by atoms with Crippen LogP contribution in [0, 0.1) is 0 Å². The van der Waals surface area contributed by atoms with Gasteiger partial charge in [0.25, 0.3) is 0 Å². The number of nitrogens with zero attached hydrogens (tertiary/aromatic N) is 2. The number of rotatable bonds is 12. The molecule has 0 spiro atoms. The molecule has 0 aromatic heterocycles. The summed E-state index contributed by atoms with van der Waals surface area (Å²) in [4.78, 5) is 21.8. The Hall–Kier alpha value is -3.67. The Morgan fingerprint density at radius 1 is 0.781 bits per heavy atom. The Bertz CT molecular complexity index is 1080. The number of carboxylic acid groups (broad SMARTS) is 1. The van der Waals surface area contributed by atoms with E-state index in [4.69, 9.17) is 14.8 Å². The molecule has 0 amide bonds. The fourth-order valence-corrected chi connectivity index (χ4v) is 3.16. The van der Waals surface area contributed by atoms with Gasteiger partial charge >= 0.3 is 5.97 Å². The first kappa shape index (κ1) is 23.0. The van der Waals surface area contributed by atoms with Crippen LogP contribution in [-0.2, 0) is 14.5 Å². The smallest absolute Gasteiger partial charge is 0.303 e. The Kier molecular flexibility index (Phi) is 8.80. The van der Waals surface area contributed by atoms with Crippen molar-refractivity contribution in [1.29, 1.82) is 0 Å². The van der Waals surface area contributed by atoms with Crippen molar-refractivity contribution in [2.24, 2.45) is 10.3 Å². The molecule has 0 radical (unpaired) electrons. The molecule has 0 aliphatic rings. The summed E-state index contributed by atoms with van der Waals surface area (Å²) < 4.78 is 0. The van der Waals surface area contributed by atoms with Crippen LogP contribution in [0.1, 0.15) is 43.7 Å². The van der Waals surface area contributed by atoms with E-state index in [-0.39, 0.29) is 6.42 Å². The zero-order chi connectivity index (χ0) is 22.6. The Balaban J connectivity index is 1.40. The molecule has 3 aromatic rings. The summed E-state index contributed by atoms with van der Waals surface area (Å²) >= 11 is 0. The molecular weight excluding hydrogens is 404 g/mol. The van der Waals surface area contributed by atoms with Crippen LogP contribution in [0.15, 0.2) is 83.1 Å². The monoisotopic (exact) mass is 432 g/mol. The number of hydrogen-bond acceptors (Lipinski definition) is 5. The van der Waals surface area contributed by atoms with Crippen molar-refractivity contribution < 1.29 is 19.6 Å². The van der Waals surface area contributed by atoms with E-state index < -0.39 is 5.97 Å². The van der Waals surface area contributed by atoms with E-state index in [9.17, 15) is 4.79 Å². The fraction of sp³-hybridized carbons (Fsp3) is 0.269. The van der Waals surface area contributed by atoms with Gasteiger partial charge in [0.1, 0.15) is 13.2 Å². The molecular formula is C26H28N2O4. The van der Waals surface area contributed by atoms with Crippen LogP contribution in [0.3, 0.4) is 0 Å². The number of aliphatic carboxylic acids is 1. The first-order valence-electron chi connectivity index (χ1n) is 10.8. The predicted molar refractivity (Wildman–Crippen MR) is 127 cm³/mol. The number of hydrogen-bond donors (Lipinski definition) is 1. The zero-order valence-corrected chi connectivity index (χ0v) is 18.2. The molecule has 3 aromatic carbocycles. The van der Waals surface area contributed by atoms with Crippen molar-refractivity contribution in [1.82, 2.24) is 0 Å². The van der Waals surface area contributed by atoms with Crippen LogP contribution in [-0.4, -0.2) is 35.7 Å². The summed E-state index contributed by atoms with van der Waals surface area (Å²) in [5.41, 5.74) is 3.38. The summed E-state index contributed by atoms with van der Waals surface area (Å²) in [6.45, 7) is 2.85. The summed E-state index contributed by atoms with van der Waals surface area (Å²) in [6, 6.07) is 23.9. The second-order valence-electron chi connectivity index (χ2n) is 7.41. The lowest BCUT2D eigenvalue weighted by atomic mass is 10.0. The van der Waals surface area contributed by atoms with Crippen LogP contribution in [0.2, 0.25) is 0 Å². The first-order chi connectivity index (χ1) is 15.6. The summed E-state index contributed by atoms with van der Waals surface area (Å²) in [7, 11) is 0. The van der Waals surface area contributed by atoms with Gasteiger partial charge in [-0.3, -0.25) is 4.79 Å². The number of fused-ring (bicyclic) bond motifs is 1. The first-order valence-corrected chi connectivity index (χ1v) is 10.8. The molecule has 0 saturated carbocycles. The molecule has 0 atom stereocenters. The zero-order valence-electron chi connectivity index (χ0n) is 18.2. The topological polar surface area (TPSA) is 80.5 Å². The number of benzene rings is 3. The number of carboxylic acids is 1. The lowest BCUT2D eigenvalue weighted by Crippen LogP contribution is -2.06. The summed E-state index contributed by atoms with van der Waals surface area (Å²) in [5, 5.41) is 19.7. The third kappa shape index (κ3) is 7.23. The van der Waals surface area contributed by atoms with Crippen molar-refractivity contribution in [3.8, 4) is 0 Å². The molecule has 6 nitrogen and oxygen atoms in total. The summed E-state index contributed by atoms with van der Waals surface area (Å²) in [6.07, 6.45) is 1.87. The fourth-order valence-electron chi connectivity index (χ4n) is 3.16. The van der Waals surface area contributed by atoms with Crippen LogP contribution >= 0.6 is 0 Å². The van der Waals surface area contributed by atoms with Crippen LogP contribution in [0.25, 0.3) is 10.8 Å². The average molecular weight is 433 g/mol. The number of carbonyl (C=O) groups is 1. The highest BCUT2D eigenvalue weighted by Crippen LogP contribution is 2.16. The Morgan fingerprint density at radius 2 is 1.44 bits per heavy atom. The lowest BCUT2D eigenvalue weighted by molar-refractivity contribution is -0.136. The van der Waals surface area contributed by atoms with Gasteiger partial charge in [-0.05, 0) is 47.7 Å². The highest BCUT2D eigenvalue weighted by Gasteiger charge is 2.07. The van der Waals surface area contributed by atoms with Gasteiger partial charge in [0.2, 0.25) is 0 Å². The highest BCUT2D eigenvalue weighted by atomic mass is 16.6. The molecule has 0 aliphatic heterocycles. The van der Waals surface area contributed by atoms with Gasteiger partial charge < -0.3 is 14.8 Å². The van der Waals surface area contributed by atoms with Gasteiger partial charge in [-0.25, -0.2) is 0 Å². The normalized spacial score (nSPS) is 12.0. The van der Waals surface area contributed by atoms with E-state index in [2.05, 4.69) is 34.6 Å². The van der Waals surface area contributed by atoms with E-state index >= 15 is 0 Å². The Morgan fingerprint density at radius 3 is 2.16 bits per heavy atom. The maximum absolute atomic E-state index is 10.9. The minimum atomic E-state index is -0.856. The van der Waals surface area contributed by atoms with Crippen LogP contribution < -0.4 is 0 Å². The van der Waals surface area contributed by atoms with Gasteiger partial charge in [0, 0.05) is 6.42 Å². The molecule has 0 fully saturated rings. The molecule has 166 valence electrons. The third-order valence-electron chi connectivity index (χ3n) is 4.95. The predicted octanol–water partition coefficient (Wildman–Crippen LogP) is 5.65.